The summed E-state index contributed by atoms with van der Waals surface area (Å²) in [4.78, 5) is 14.2. The van der Waals surface area contributed by atoms with Crippen LogP contribution in [0, 0.1) is 0 Å². The van der Waals surface area contributed by atoms with Gasteiger partial charge in [0, 0.05) is 7.05 Å². The summed E-state index contributed by atoms with van der Waals surface area (Å²) in [6, 6.07) is 19.9. The second-order valence-corrected chi connectivity index (χ2v) is 5.65. The van der Waals surface area contributed by atoms with Crippen LogP contribution in [0.1, 0.15) is 11.1 Å². The van der Waals surface area contributed by atoms with Crippen LogP contribution >= 0.6 is 0 Å². The van der Waals surface area contributed by atoms with Gasteiger partial charge in [-0.05, 0) is 23.1 Å². The molecule has 0 aromatic heterocycles. The third kappa shape index (κ3) is 2.81. The smallest absolute Gasteiger partial charge is 0.241 e. The fraction of sp³-hybridized carbons (Fsp3) is 0.211. The summed E-state index contributed by atoms with van der Waals surface area (Å²) in [5.74, 6) is 0.117. The number of nitrogens with zero attached hydrogens (tertiary/aromatic N) is 1. The summed E-state index contributed by atoms with van der Waals surface area (Å²) in [5, 5.41) is 3.41. The summed E-state index contributed by atoms with van der Waals surface area (Å²) in [7, 11) is 1.83. The number of rotatable bonds is 4. The highest BCUT2D eigenvalue weighted by Gasteiger charge is 2.37. The number of benzene rings is 2. The van der Waals surface area contributed by atoms with Gasteiger partial charge in [-0.25, -0.2) is 0 Å². The minimum Gasteiger partial charge on any atom is -0.325 e. The lowest BCUT2D eigenvalue weighted by Crippen LogP contribution is -2.35. The molecule has 3 nitrogen and oxygen atoms in total. The predicted octanol–water partition coefficient (Wildman–Crippen LogP) is 2.70. The molecule has 1 fully saturated rings. The Kier molecular flexibility index (Phi) is 4.07. The molecule has 0 spiro atoms. The molecule has 0 bridgehead atoms. The molecule has 1 heterocycles. The van der Waals surface area contributed by atoms with Gasteiger partial charge < -0.3 is 4.90 Å². The maximum absolute atomic E-state index is 12.5. The molecule has 3 heteroatoms. The fourth-order valence-electron chi connectivity index (χ4n) is 2.89. The molecule has 112 valence electrons. The molecule has 0 saturated carbocycles. The van der Waals surface area contributed by atoms with Gasteiger partial charge in [0.1, 0.15) is 6.17 Å². The Morgan fingerprint density at radius 2 is 1.68 bits per heavy atom. The molecule has 0 unspecified atom stereocenters. The average molecular weight is 292 g/mol. The zero-order valence-electron chi connectivity index (χ0n) is 12.7. The molecule has 3 rings (SSSR count). The van der Waals surface area contributed by atoms with Gasteiger partial charge in [-0.1, -0.05) is 67.2 Å². The van der Waals surface area contributed by atoms with Crippen molar-refractivity contribution in [2.24, 2.45) is 0 Å². The van der Waals surface area contributed by atoms with Crippen molar-refractivity contribution >= 4 is 11.5 Å². The maximum atomic E-state index is 12.5. The number of amides is 1. The number of likely N-dealkylation sites (N-methyl/N-ethyl adjacent to an activating group) is 1. The fourth-order valence-corrected chi connectivity index (χ4v) is 2.89. The van der Waals surface area contributed by atoms with Crippen LogP contribution in [-0.2, 0) is 11.2 Å². The lowest BCUT2D eigenvalue weighted by atomic mass is 10.0. The SMILES string of the molecule is C=C(c1ccccc1)[C@H]1N[C@@H](Cc2ccccc2)C(=O)N1C. The number of hydrogen-bond donors (Lipinski definition) is 1. The molecule has 22 heavy (non-hydrogen) atoms. The van der Waals surface area contributed by atoms with E-state index in [4.69, 9.17) is 0 Å². The van der Waals surface area contributed by atoms with Gasteiger partial charge in [0.25, 0.3) is 0 Å². The second kappa shape index (κ2) is 6.16. The monoisotopic (exact) mass is 292 g/mol. The van der Waals surface area contributed by atoms with Crippen molar-refractivity contribution in [2.75, 3.05) is 7.05 Å². The largest absolute Gasteiger partial charge is 0.325 e. The minimum atomic E-state index is -0.196. The highest BCUT2D eigenvalue weighted by molar-refractivity contribution is 5.88. The molecule has 2 atom stereocenters. The average Bonchev–Trinajstić information content (AvgIpc) is 2.84. The van der Waals surface area contributed by atoms with Gasteiger partial charge in [-0.3, -0.25) is 10.1 Å². The zero-order chi connectivity index (χ0) is 15.5. The van der Waals surface area contributed by atoms with Crippen LogP contribution in [0.5, 0.6) is 0 Å². The van der Waals surface area contributed by atoms with E-state index in [0.29, 0.717) is 6.42 Å². The van der Waals surface area contributed by atoms with Crippen molar-refractivity contribution in [2.45, 2.75) is 18.6 Å². The van der Waals surface area contributed by atoms with Crippen LogP contribution in [0.3, 0.4) is 0 Å². The molecule has 2 aromatic carbocycles. The standard InChI is InChI=1S/C19H20N2O/c1-14(16-11-7-4-8-12-16)18-20-17(19(22)21(18)2)13-15-9-5-3-6-10-15/h3-12,17-18,20H,1,13H2,2H3/t17-,18-/m0/s1. The Morgan fingerprint density at radius 3 is 2.32 bits per heavy atom. The van der Waals surface area contributed by atoms with Gasteiger partial charge in [0.2, 0.25) is 5.91 Å². The molecule has 1 aliphatic heterocycles. The first-order chi connectivity index (χ1) is 10.7. The molecule has 1 aliphatic rings. The lowest BCUT2D eigenvalue weighted by Gasteiger charge is -2.21. The van der Waals surface area contributed by atoms with Gasteiger partial charge in [-0.2, -0.15) is 0 Å². The van der Waals surface area contributed by atoms with Crippen LogP contribution in [0.25, 0.3) is 5.57 Å². The van der Waals surface area contributed by atoms with Crippen molar-refractivity contribution in [3.63, 3.8) is 0 Å². The normalized spacial score (nSPS) is 21.1. The Labute approximate surface area is 131 Å². The third-order valence-electron chi connectivity index (χ3n) is 4.15. The Morgan fingerprint density at radius 1 is 1.09 bits per heavy atom. The number of hydrogen-bond acceptors (Lipinski definition) is 2. The van der Waals surface area contributed by atoms with E-state index >= 15 is 0 Å². The quantitative estimate of drug-likeness (QED) is 0.939. The Hall–Kier alpha value is -2.39. The van der Waals surface area contributed by atoms with Crippen LogP contribution in [0.2, 0.25) is 0 Å². The summed E-state index contributed by atoms with van der Waals surface area (Å²) in [6.45, 7) is 4.18. The minimum absolute atomic E-state index is 0.117. The van der Waals surface area contributed by atoms with Crippen molar-refractivity contribution in [3.8, 4) is 0 Å². The molecule has 1 amide bonds. The van der Waals surface area contributed by atoms with E-state index in [-0.39, 0.29) is 18.1 Å². The van der Waals surface area contributed by atoms with E-state index in [1.165, 1.54) is 0 Å². The van der Waals surface area contributed by atoms with E-state index in [0.717, 1.165) is 16.7 Å². The van der Waals surface area contributed by atoms with E-state index in [2.05, 4.69) is 11.9 Å². The van der Waals surface area contributed by atoms with Gasteiger partial charge in [-0.15, -0.1) is 0 Å². The van der Waals surface area contributed by atoms with Crippen molar-refractivity contribution in [1.29, 1.82) is 0 Å². The summed E-state index contributed by atoms with van der Waals surface area (Å²) >= 11 is 0. The Balaban J connectivity index is 1.75. The highest BCUT2D eigenvalue weighted by atomic mass is 16.2. The van der Waals surface area contributed by atoms with Crippen LogP contribution < -0.4 is 5.32 Å². The Bertz CT molecular complexity index is 666. The van der Waals surface area contributed by atoms with Gasteiger partial charge in [0.05, 0.1) is 6.04 Å². The molecule has 1 saturated heterocycles. The number of carbonyl (C=O) groups is 1. The summed E-state index contributed by atoms with van der Waals surface area (Å²) in [5.41, 5.74) is 3.14. The third-order valence-corrected chi connectivity index (χ3v) is 4.15. The number of nitrogens with one attached hydrogen (secondary N) is 1. The molecular formula is C19H20N2O. The topological polar surface area (TPSA) is 32.3 Å². The number of carbonyl (C=O) groups excluding carboxylic acids is 1. The maximum Gasteiger partial charge on any atom is 0.241 e. The molecular weight excluding hydrogens is 272 g/mol. The van der Waals surface area contributed by atoms with E-state index < -0.39 is 0 Å². The van der Waals surface area contributed by atoms with Crippen LogP contribution in [0.4, 0.5) is 0 Å². The van der Waals surface area contributed by atoms with E-state index in [9.17, 15) is 4.79 Å². The van der Waals surface area contributed by atoms with Crippen molar-refractivity contribution in [3.05, 3.63) is 78.4 Å². The van der Waals surface area contributed by atoms with Crippen molar-refractivity contribution < 1.29 is 4.79 Å². The van der Waals surface area contributed by atoms with Crippen molar-refractivity contribution in [1.82, 2.24) is 10.2 Å². The second-order valence-electron chi connectivity index (χ2n) is 5.65. The molecule has 2 aromatic rings. The first-order valence-electron chi connectivity index (χ1n) is 7.47. The highest BCUT2D eigenvalue weighted by Crippen LogP contribution is 2.24. The first kappa shape index (κ1) is 14.5. The van der Waals surface area contributed by atoms with Gasteiger partial charge >= 0.3 is 0 Å². The predicted molar refractivity (Wildman–Crippen MR) is 89.1 cm³/mol. The van der Waals surface area contributed by atoms with E-state index in [1.54, 1.807) is 4.90 Å². The summed E-state index contributed by atoms with van der Waals surface area (Å²) in [6.07, 6.45) is 0.548. The molecule has 0 radical (unpaired) electrons. The van der Waals surface area contributed by atoms with Crippen LogP contribution in [-0.4, -0.2) is 30.1 Å². The molecule has 0 aliphatic carbocycles. The summed E-state index contributed by atoms with van der Waals surface area (Å²) < 4.78 is 0. The first-order valence-corrected chi connectivity index (χ1v) is 7.47. The van der Waals surface area contributed by atoms with Crippen LogP contribution in [0.15, 0.2) is 67.2 Å². The van der Waals surface area contributed by atoms with E-state index in [1.807, 2.05) is 67.7 Å². The lowest BCUT2D eigenvalue weighted by molar-refractivity contribution is -0.128. The van der Waals surface area contributed by atoms with Gasteiger partial charge in [0.15, 0.2) is 0 Å². The zero-order valence-corrected chi connectivity index (χ0v) is 12.7. The molecule has 1 N–H and O–H groups in total.